The number of hydrogen-bond acceptors (Lipinski definition) is 5. The molecule has 1 fully saturated rings. The average Bonchev–Trinajstić information content (AvgIpc) is 2.87. The Kier molecular flexibility index (Phi) is 5.08. The number of carboxylic acid groups (broad SMARTS) is 1. The summed E-state index contributed by atoms with van der Waals surface area (Å²) in [5.41, 5.74) is 0. The molecule has 1 atom stereocenters. The number of nitrogens with zero attached hydrogens (tertiary/aromatic N) is 2. The summed E-state index contributed by atoms with van der Waals surface area (Å²) in [6, 6.07) is -0.398. The summed E-state index contributed by atoms with van der Waals surface area (Å²) in [5, 5.41) is 9.85. The second kappa shape index (κ2) is 6.81. The number of aromatic nitrogens is 1. The lowest BCUT2D eigenvalue weighted by molar-refractivity contribution is -0.139. The number of rotatable bonds is 5. The van der Waals surface area contributed by atoms with E-state index in [1.807, 2.05) is 0 Å². The molecule has 2 rings (SSSR count). The van der Waals surface area contributed by atoms with Crippen LogP contribution >= 0.6 is 11.3 Å². The van der Waals surface area contributed by atoms with Gasteiger partial charge in [0.15, 0.2) is 0 Å². The van der Waals surface area contributed by atoms with Crippen LogP contribution < -0.4 is 0 Å². The van der Waals surface area contributed by atoms with Crippen molar-refractivity contribution in [2.45, 2.75) is 32.2 Å². The first kappa shape index (κ1) is 14.9. The van der Waals surface area contributed by atoms with Gasteiger partial charge < -0.3 is 14.7 Å². The van der Waals surface area contributed by atoms with Crippen LogP contribution in [0.5, 0.6) is 0 Å². The molecule has 1 aromatic heterocycles. The number of carbonyl (C=O) groups is 2. The molecule has 20 heavy (non-hydrogen) atoms. The lowest BCUT2D eigenvalue weighted by Crippen LogP contribution is -2.49. The van der Waals surface area contributed by atoms with Crippen LogP contribution in [0, 0.1) is 0 Å². The van der Waals surface area contributed by atoms with Gasteiger partial charge in [0.05, 0.1) is 36.9 Å². The van der Waals surface area contributed by atoms with Crippen LogP contribution in [0.15, 0.2) is 6.20 Å². The third-order valence-corrected chi connectivity index (χ3v) is 4.17. The average molecular weight is 298 g/mol. The highest BCUT2D eigenvalue weighted by molar-refractivity contribution is 7.13. The van der Waals surface area contributed by atoms with Crippen molar-refractivity contribution in [2.75, 3.05) is 19.8 Å². The maximum atomic E-state index is 12.5. The van der Waals surface area contributed by atoms with Crippen molar-refractivity contribution in [1.82, 2.24) is 9.88 Å². The maximum absolute atomic E-state index is 12.5. The van der Waals surface area contributed by atoms with E-state index in [1.54, 1.807) is 11.1 Å². The van der Waals surface area contributed by atoms with Gasteiger partial charge in [0.25, 0.3) is 5.91 Å². The topological polar surface area (TPSA) is 79.7 Å². The Hall–Kier alpha value is -1.47. The highest BCUT2D eigenvalue weighted by Crippen LogP contribution is 2.20. The highest BCUT2D eigenvalue weighted by atomic mass is 32.1. The fourth-order valence-electron chi connectivity index (χ4n) is 2.17. The smallest absolute Gasteiger partial charge is 0.305 e. The molecule has 0 aliphatic carbocycles. The van der Waals surface area contributed by atoms with Gasteiger partial charge in [0, 0.05) is 6.54 Å². The van der Waals surface area contributed by atoms with Gasteiger partial charge in [-0.3, -0.25) is 9.59 Å². The Morgan fingerprint density at radius 1 is 1.60 bits per heavy atom. The zero-order valence-corrected chi connectivity index (χ0v) is 12.2. The van der Waals surface area contributed by atoms with Gasteiger partial charge in [-0.1, -0.05) is 6.92 Å². The SMILES string of the molecule is CCCc1ncc(C(=O)N2CCOCC2CC(=O)O)s1. The Labute approximate surface area is 121 Å². The molecule has 2 heterocycles. The van der Waals surface area contributed by atoms with Crippen molar-refractivity contribution >= 4 is 23.2 Å². The minimum atomic E-state index is -0.922. The summed E-state index contributed by atoms with van der Waals surface area (Å²) in [6.07, 6.45) is 3.34. The van der Waals surface area contributed by atoms with E-state index in [0.29, 0.717) is 18.0 Å². The first-order valence-electron chi connectivity index (χ1n) is 6.67. The summed E-state index contributed by atoms with van der Waals surface area (Å²) in [6.45, 7) is 3.21. The molecule has 0 aromatic carbocycles. The summed E-state index contributed by atoms with van der Waals surface area (Å²) < 4.78 is 5.27. The molecular weight excluding hydrogens is 280 g/mol. The van der Waals surface area contributed by atoms with E-state index >= 15 is 0 Å². The molecule has 7 heteroatoms. The standard InChI is InChI=1S/C13H18N2O4S/c1-2-3-11-14-7-10(20-11)13(18)15-4-5-19-8-9(15)6-12(16)17/h7,9H,2-6,8H2,1H3,(H,16,17). The third kappa shape index (κ3) is 3.55. The quantitative estimate of drug-likeness (QED) is 0.889. The van der Waals surface area contributed by atoms with Gasteiger partial charge in [0.2, 0.25) is 0 Å². The maximum Gasteiger partial charge on any atom is 0.305 e. The summed E-state index contributed by atoms with van der Waals surface area (Å²) in [7, 11) is 0. The second-order valence-corrected chi connectivity index (χ2v) is 5.81. The number of amides is 1. The number of carbonyl (C=O) groups excluding carboxylic acids is 1. The van der Waals surface area contributed by atoms with Crippen LogP contribution in [-0.4, -0.2) is 52.7 Å². The van der Waals surface area contributed by atoms with Gasteiger partial charge in [-0.05, 0) is 12.8 Å². The van der Waals surface area contributed by atoms with Crippen LogP contribution in [0.3, 0.4) is 0 Å². The highest BCUT2D eigenvalue weighted by Gasteiger charge is 2.30. The first-order valence-corrected chi connectivity index (χ1v) is 7.48. The molecule has 1 aliphatic heterocycles. The first-order chi connectivity index (χ1) is 9.61. The summed E-state index contributed by atoms with van der Waals surface area (Å²) in [4.78, 5) is 29.7. The van der Waals surface area contributed by atoms with E-state index in [1.165, 1.54) is 11.3 Å². The zero-order valence-electron chi connectivity index (χ0n) is 11.4. The van der Waals surface area contributed by atoms with Crippen molar-refractivity contribution in [3.8, 4) is 0 Å². The predicted molar refractivity (Wildman–Crippen MR) is 74.0 cm³/mol. The number of aliphatic carboxylic acids is 1. The van der Waals surface area contributed by atoms with Crippen LogP contribution in [0.4, 0.5) is 0 Å². The number of thiazole rings is 1. The minimum Gasteiger partial charge on any atom is -0.481 e. The predicted octanol–water partition coefficient (Wildman–Crippen LogP) is 1.41. The lowest BCUT2D eigenvalue weighted by Gasteiger charge is -2.34. The molecular formula is C13H18N2O4S. The van der Waals surface area contributed by atoms with Crippen molar-refractivity contribution in [2.24, 2.45) is 0 Å². The van der Waals surface area contributed by atoms with Crippen LogP contribution in [0.1, 0.15) is 34.4 Å². The molecule has 110 valence electrons. The third-order valence-electron chi connectivity index (χ3n) is 3.13. The number of ether oxygens (including phenoxy) is 1. The molecule has 1 aromatic rings. The Morgan fingerprint density at radius 2 is 2.40 bits per heavy atom. The molecule has 1 aliphatic rings. The second-order valence-electron chi connectivity index (χ2n) is 4.69. The molecule has 1 saturated heterocycles. The molecule has 0 bridgehead atoms. The van der Waals surface area contributed by atoms with Crippen molar-refractivity contribution in [3.63, 3.8) is 0 Å². The molecule has 6 nitrogen and oxygen atoms in total. The van der Waals surface area contributed by atoms with Gasteiger partial charge in [0.1, 0.15) is 4.88 Å². The molecule has 0 saturated carbocycles. The fraction of sp³-hybridized carbons (Fsp3) is 0.615. The Bertz CT molecular complexity index is 488. The van der Waals surface area contributed by atoms with E-state index < -0.39 is 12.0 Å². The molecule has 1 unspecified atom stereocenters. The van der Waals surface area contributed by atoms with E-state index in [4.69, 9.17) is 9.84 Å². The van der Waals surface area contributed by atoms with Gasteiger partial charge >= 0.3 is 5.97 Å². The van der Waals surface area contributed by atoms with Crippen LogP contribution in [-0.2, 0) is 16.0 Å². The van der Waals surface area contributed by atoms with Crippen LogP contribution in [0.2, 0.25) is 0 Å². The number of hydrogen-bond donors (Lipinski definition) is 1. The van der Waals surface area contributed by atoms with Gasteiger partial charge in [-0.25, -0.2) is 4.98 Å². The van der Waals surface area contributed by atoms with E-state index in [0.717, 1.165) is 17.8 Å². The Balaban J connectivity index is 2.09. The lowest BCUT2D eigenvalue weighted by atomic mass is 10.1. The Morgan fingerprint density at radius 3 is 3.10 bits per heavy atom. The number of aryl methyl sites for hydroxylation is 1. The van der Waals surface area contributed by atoms with Gasteiger partial charge in [-0.15, -0.1) is 11.3 Å². The number of carboxylic acids is 1. The number of morpholine rings is 1. The molecule has 0 radical (unpaired) electrons. The normalized spacial score (nSPS) is 19.1. The zero-order chi connectivity index (χ0) is 14.5. The van der Waals surface area contributed by atoms with Crippen molar-refractivity contribution in [3.05, 3.63) is 16.1 Å². The fourth-order valence-corrected chi connectivity index (χ4v) is 3.15. The van der Waals surface area contributed by atoms with Crippen molar-refractivity contribution < 1.29 is 19.4 Å². The van der Waals surface area contributed by atoms with Gasteiger partial charge in [-0.2, -0.15) is 0 Å². The minimum absolute atomic E-state index is 0.0909. The van der Waals surface area contributed by atoms with E-state index in [9.17, 15) is 9.59 Å². The molecule has 0 spiro atoms. The summed E-state index contributed by atoms with van der Waals surface area (Å²) >= 11 is 1.39. The largest absolute Gasteiger partial charge is 0.481 e. The van der Waals surface area contributed by atoms with Crippen LogP contribution in [0.25, 0.3) is 0 Å². The van der Waals surface area contributed by atoms with E-state index in [-0.39, 0.29) is 18.9 Å². The molecule has 1 amide bonds. The van der Waals surface area contributed by atoms with Crippen molar-refractivity contribution in [1.29, 1.82) is 0 Å². The monoisotopic (exact) mass is 298 g/mol. The molecule has 1 N–H and O–H groups in total. The summed E-state index contributed by atoms with van der Waals surface area (Å²) in [5.74, 6) is -1.06. The van der Waals surface area contributed by atoms with E-state index in [2.05, 4.69) is 11.9 Å².